The quantitative estimate of drug-likeness (QED) is 0.266. The summed E-state index contributed by atoms with van der Waals surface area (Å²) in [5.74, 6) is 0.220. The minimum Gasteiger partial charge on any atom is -0.442 e. The van der Waals surface area contributed by atoms with Crippen molar-refractivity contribution >= 4 is 11.9 Å². The standard InChI is InChI=1S/C30H45NO7/c1-21(8-14-27-28(33)30(20-36-30)15-18-35-27)7-12-26-13-10-24(23(3)38-26)19-25(32)11-9-22(2)37-29(34)31-16-5-4-6-17-31/h7-9,11,14,22-24,26-28,33H,4-6,10,12-13,15-20H2,1-3H3/b11-9-,14-8+,21-7+/t22-,23+,24-,26-,27?,28+,30+/m0/s1. The van der Waals surface area contributed by atoms with Crippen LogP contribution in [-0.4, -0.2) is 84.3 Å². The van der Waals surface area contributed by atoms with E-state index in [0.29, 0.717) is 19.6 Å². The van der Waals surface area contributed by atoms with Crippen molar-refractivity contribution in [2.24, 2.45) is 5.92 Å². The lowest BCUT2D eigenvalue weighted by atomic mass is 9.87. The number of amides is 1. The number of allylic oxidation sites excluding steroid dienone is 3. The second-order valence-corrected chi connectivity index (χ2v) is 11.4. The summed E-state index contributed by atoms with van der Waals surface area (Å²) in [5, 5.41) is 10.5. The predicted molar refractivity (Wildman–Crippen MR) is 144 cm³/mol. The van der Waals surface area contributed by atoms with E-state index in [1.54, 1.807) is 24.0 Å². The first-order valence-corrected chi connectivity index (χ1v) is 14.4. The van der Waals surface area contributed by atoms with Gasteiger partial charge in [0.1, 0.15) is 23.9 Å². The molecule has 4 aliphatic heterocycles. The smallest absolute Gasteiger partial charge is 0.410 e. The van der Waals surface area contributed by atoms with E-state index in [2.05, 4.69) is 6.08 Å². The fraction of sp³-hybridized carbons (Fsp3) is 0.733. The molecule has 0 aromatic heterocycles. The van der Waals surface area contributed by atoms with Crippen molar-refractivity contribution < 1.29 is 33.6 Å². The molecule has 1 N–H and O–H groups in total. The van der Waals surface area contributed by atoms with E-state index < -0.39 is 12.2 Å². The molecule has 4 saturated heterocycles. The number of hydrogen-bond acceptors (Lipinski definition) is 7. The Balaban J connectivity index is 1.15. The first-order valence-electron chi connectivity index (χ1n) is 14.4. The summed E-state index contributed by atoms with van der Waals surface area (Å²) in [6.45, 7) is 8.59. The third kappa shape index (κ3) is 8.01. The molecule has 38 heavy (non-hydrogen) atoms. The Hall–Kier alpha value is -2.00. The molecule has 0 aliphatic carbocycles. The van der Waals surface area contributed by atoms with E-state index in [4.69, 9.17) is 18.9 Å². The summed E-state index contributed by atoms with van der Waals surface area (Å²) in [7, 11) is 0. The van der Waals surface area contributed by atoms with Gasteiger partial charge in [0, 0.05) is 25.9 Å². The zero-order chi connectivity index (χ0) is 27.1. The van der Waals surface area contributed by atoms with Crippen molar-refractivity contribution in [3.63, 3.8) is 0 Å². The van der Waals surface area contributed by atoms with Crippen LogP contribution in [0.2, 0.25) is 0 Å². The Morgan fingerprint density at radius 2 is 1.95 bits per heavy atom. The Bertz CT molecular complexity index is 902. The molecule has 1 unspecified atom stereocenters. The minimum atomic E-state index is -0.616. The van der Waals surface area contributed by atoms with Crippen LogP contribution >= 0.6 is 0 Å². The van der Waals surface area contributed by atoms with Gasteiger partial charge >= 0.3 is 6.09 Å². The number of hydrogen-bond donors (Lipinski definition) is 1. The van der Waals surface area contributed by atoms with E-state index in [-0.39, 0.29) is 41.7 Å². The highest BCUT2D eigenvalue weighted by Crippen LogP contribution is 2.40. The highest BCUT2D eigenvalue weighted by atomic mass is 16.6. The zero-order valence-electron chi connectivity index (χ0n) is 23.2. The number of nitrogens with zero attached hydrogens (tertiary/aromatic N) is 1. The number of rotatable bonds is 9. The maximum atomic E-state index is 12.6. The van der Waals surface area contributed by atoms with Crippen molar-refractivity contribution in [1.82, 2.24) is 4.90 Å². The topological polar surface area (TPSA) is 97.8 Å². The van der Waals surface area contributed by atoms with Crippen LogP contribution < -0.4 is 0 Å². The Morgan fingerprint density at radius 3 is 2.66 bits per heavy atom. The SMILES string of the molecule is CC(/C=C/C1OCC[C@@]2(CO2)[C@@H]1O)=C\C[C@H]1CC[C@@H](CC(=O)/C=C\[C@H](C)OC(=O)N2CCCCC2)[C@@H](C)O1. The van der Waals surface area contributed by atoms with Crippen LogP contribution in [0.3, 0.4) is 0 Å². The zero-order valence-corrected chi connectivity index (χ0v) is 23.2. The van der Waals surface area contributed by atoms with Crippen molar-refractivity contribution in [2.45, 2.75) is 108 Å². The van der Waals surface area contributed by atoms with Crippen molar-refractivity contribution in [1.29, 1.82) is 0 Å². The Labute approximate surface area is 227 Å². The van der Waals surface area contributed by atoms with Gasteiger partial charge in [-0.1, -0.05) is 23.8 Å². The molecule has 7 atom stereocenters. The van der Waals surface area contributed by atoms with E-state index in [9.17, 15) is 14.7 Å². The molecule has 1 amide bonds. The number of carbonyl (C=O) groups is 2. The van der Waals surface area contributed by atoms with Gasteiger partial charge in [0.25, 0.3) is 0 Å². The van der Waals surface area contributed by atoms with Gasteiger partial charge in [0.2, 0.25) is 0 Å². The van der Waals surface area contributed by atoms with Gasteiger partial charge in [-0.05, 0) is 77.4 Å². The number of aliphatic hydroxyl groups is 1. The van der Waals surface area contributed by atoms with Gasteiger partial charge in [0.05, 0.1) is 25.4 Å². The number of ether oxygens (including phenoxy) is 4. The third-order valence-electron chi connectivity index (χ3n) is 8.30. The summed E-state index contributed by atoms with van der Waals surface area (Å²) < 4.78 is 22.9. The predicted octanol–water partition coefficient (Wildman–Crippen LogP) is 4.51. The van der Waals surface area contributed by atoms with Crippen LogP contribution in [0.25, 0.3) is 0 Å². The third-order valence-corrected chi connectivity index (χ3v) is 8.30. The minimum absolute atomic E-state index is 0.00483. The lowest BCUT2D eigenvalue weighted by Crippen LogP contribution is -2.46. The van der Waals surface area contributed by atoms with Gasteiger partial charge in [-0.2, -0.15) is 0 Å². The molecule has 8 nitrogen and oxygen atoms in total. The summed E-state index contributed by atoms with van der Waals surface area (Å²) in [6.07, 6.45) is 14.8. The molecule has 0 aromatic rings. The summed E-state index contributed by atoms with van der Waals surface area (Å²) in [5.41, 5.74) is 0.716. The lowest BCUT2D eigenvalue weighted by Gasteiger charge is -2.34. The molecule has 0 saturated carbocycles. The fourth-order valence-corrected chi connectivity index (χ4v) is 5.58. The van der Waals surface area contributed by atoms with E-state index in [1.165, 1.54) is 0 Å². The normalized spacial score (nSPS) is 35.1. The van der Waals surface area contributed by atoms with Gasteiger partial charge in [0.15, 0.2) is 5.78 Å². The molecule has 0 bridgehead atoms. The Kier molecular flexibility index (Phi) is 10.2. The molecule has 0 aromatic carbocycles. The molecule has 4 rings (SSSR count). The molecule has 212 valence electrons. The fourth-order valence-electron chi connectivity index (χ4n) is 5.58. The van der Waals surface area contributed by atoms with Crippen LogP contribution in [0, 0.1) is 5.92 Å². The summed E-state index contributed by atoms with van der Waals surface area (Å²) >= 11 is 0. The van der Waals surface area contributed by atoms with Gasteiger partial charge in [-0.25, -0.2) is 4.79 Å². The maximum absolute atomic E-state index is 12.6. The highest BCUT2D eigenvalue weighted by Gasteiger charge is 2.55. The molecule has 1 spiro atoms. The first-order chi connectivity index (χ1) is 18.3. The number of ketones is 1. The van der Waals surface area contributed by atoms with Crippen LogP contribution in [0.5, 0.6) is 0 Å². The summed E-state index contributed by atoms with van der Waals surface area (Å²) in [4.78, 5) is 26.5. The second kappa shape index (κ2) is 13.4. The Morgan fingerprint density at radius 1 is 1.18 bits per heavy atom. The number of carbonyl (C=O) groups excluding carboxylic acids is 2. The monoisotopic (exact) mass is 531 g/mol. The molecular formula is C30H45NO7. The van der Waals surface area contributed by atoms with Crippen LogP contribution in [0.4, 0.5) is 4.79 Å². The number of likely N-dealkylation sites (tertiary alicyclic amines) is 1. The largest absolute Gasteiger partial charge is 0.442 e. The first kappa shape index (κ1) is 29.0. The molecule has 4 heterocycles. The molecule has 4 aliphatic rings. The highest BCUT2D eigenvalue weighted by molar-refractivity contribution is 5.89. The maximum Gasteiger partial charge on any atom is 0.410 e. The van der Waals surface area contributed by atoms with Crippen LogP contribution in [0.1, 0.15) is 72.1 Å². The van der Waals surface area contributed by atoms with Gasteiger partial charge < -0.3 is 29.0 Å². The van der Waals surface area contributed by atoms with Crippen molar-refractivity contribution in [2.75, 3.05) is 26.3 Å². The average molecular weight is 532 g/mol. The van der Waals surface area contributed by atoms with Gasteiger partial charge in [-0.15, -0.1) is 0 Å². The van der Waals surface area contributed by atoms with Crippen molar-refractivity contribution in [3.8, 4) is 0 Å². The lowest BCUT2D eigenvalue weighted by molar-refractivity contribution is -0.120. The van der Waals surface area contributed by atoms with E-state index in [1.807, 2.05) is 26.0 Å². The second-order valence-electron chi connectivity index (χ2n) is 11.4. The summed E-state index contributed by atoms with van der Waals surface area (Å²) in [6, 6.07) is 0. The van der Waals surface area contributed by atoms with Crippen molar-refractivity contribution in [3.05, 3.63) is 36.0 Å². The molecule has 0 radical (unpaired) electrons. The molecular weight excluding hydrogens is 486 g/mol. The average Bonchev–Trinajstić information content (AvgIpc) is 3.69. The molecule has 4 fully saturated rings. The number of piperidine rings is 1. The van der Waals surface area contributed by atoms with Gasteiger partial charge in [-0.3, -0.25) is 4.79 Å². The van der Waals surface area contributed by atoms with E-state index >= 15 is 0 Å². The molecule has 8 heteroatoms. The van der Waals surface area contributed by atoms with Crippen LogP contribution in [-0.2, 0) is 23.7 Å². The van der Waals surface area contributed by atoms with E-state index in [0.717, 1.165) is 63.6 Å². The number of aliphatic hydroxyl groups excluding tert-OH is 1. The number of epoxide rings is 1. The van der Waals surface area contributed by atoms with Crippen LogP contribution in [0.15, 0.2) is 36.0 Å².